The number of methoxy groups -OCH3 is 2. The second kappa shape index (κ2) is 8.53. The van der Waals surface area contributed by atoms with Crippen LogP contribution in [0.5, 0.6) is 5.75 Å². The molecule has 0 amide bonds. The SMILES string of the molecule is CCC(CNCCc1ccccc1OC)C(=O)OC. The van der Waals surface area contributed by atoms with Crippen LogP contribution in [0, 0.1) is 5.92 Å². The molecule has 1 aromatic carbocycles. The normalized spacial score (nSPS) is 11.9. The van der Waals surface area contributed by atoms with Gasteiger partial charge in [-0.2, -0.15) is 0 Å². The standard InChI is InChI=1S/C15H23NO3/c1-4-12(15(17)19-3)11-16-10-9-13-7-5-6-8-14(13)18-2/h5-8,12,16H,4,9-11H2,1-3H3. The lowest BCUT2D eigenvalue weighted by molar-refractivity contribution is -0.145. The number of hydrogen-bond acceptors (Lipinski definition) is 4. The Morgan fingerprint density at radius 3 is 2.68 bits per heavy atom. The molecule has 106 valence electrons. The highest BCUT2D eigenvalue weighted by atomic mass is 16.5. The molecule has 0 aliphatic heterocycles. The van der Waals surface area contributed by atoms with E-state index in [1.165, 1.54) is 12.7 Å². The van der Waals surface area contributed by atoms with Crippen LogP contribution in [0.3, 0.4) is 0 Å². The van der Waals surface area contributed by atoms with Gasteiger partial charge in [0.2, 0.25) is 0 Å². The van der Waals surface area contributed by atoms with Gasteiger partial charge in [-0.1, -0.05) is 25.1 Å². The van der Waals surface area contributed by atoms with Gasteiger partial charge in [-0.3, -0.25) is 4.79 Å². The maximum absolute atomic E-state index is 11.4. The lowest BCUT2D eigenvalue weighted by Gasteiger charge is -2.14. The van der Waals surface area contributed by atoms with Crippen LogP contribution in [-0.2, 0) is 16.0 Å². The zero-order chi connectivity index (χ0) is 14.1. The fourth-order valence-electron chi connectivity index (χ4n) is 1.97. The second-order valence-corrected chi connectivity index (χ2v) is 4.39. The minimum absolute atomic E-state index is 0.0670. The average molecular weight is 265 g/mol. The number of rotatable bonds is 8. The Hall–Kier alpha value is -1.55. The molecule has 0 saturated carbocycles. The lowest BCUT2D eigenvalue weighted by Crippen LogP contribution is -2.30. The Morgan fingerprint density at radius 2 is 2.05 bits per heavy atom. The number of benzene rings is 1. The van der Waals surface area contributed by atoms with Crippen molar-refractivity contribution in [2.75, 3.05) is 27.3 Å². The van der Waals surface area contributed by atoms with E-state index in [0.29, 0.717) is 6.54 Å². The minimum atomic E-state index is -0.146. The monoisotopic (exact) mass is 265 g/mol. The van der Waals surface area contributed by atoms with Crippen LogP contribution in [0.15, 0.2) is 24.3 Å². The van der Waals surface area contributed by atoms with Gasteiger partial charge in [0, 0.05) is 6.54 Å². The van der Waals surface area contributed by atoms with Gasteiger partial charge in [0.25, 0.3) is 0 Å². The molecular formula is C15H23NO3. The molecule has 0 bridgehead atoms. The number of para-hydroxylation sites is 1. The van der Waals surface area contributed by atoms with E-state index in [-0.39, 0.29) is 11.9 Å². The summed E-state index contributed by atoms with van der Waals surface area (Å²) in [5, 5.41) is 3.30. The summed E-state index contributed by atoms with van der Waals surface area (Å²) in [4.78, 5) is 11.4. The Balaban J connectivity index is 2.36. The molecule has 4 heteroatoms. The summed E-state index contributed by atoms with van der Waals surface area (Å²) in [5.41, 5.74) is 1.17. The topological polar surface area (TPSA) is 47.6 Å². The molecule has 0 saturated heterocycles. The van der Waals surface area contributed by atoms with Gasteiger partial charge in [0.15, 0.2) is 0 Å². The number of ether oxygens (including phenoxy) is 2. The average Bonchev–Trinajstić information content (AvgIpc) is 2.47. The molecule has 0 radical (unpaired) electrons. The van der Waals surface area contributed by atoms with Crippen molar-refractivity contribution in [2.24, 2.45) is 5.92 Å². The molecule has 0 heterocycles. The number of esters is 1. The van der Waals surface area contributed by atoms with Crippen LogP contribution < -0.4 is 10.1 Å². The summed E-state index contributed by atoms with van der Waals surface area (Å²) in [7, 11) is 3.11. The first kappa shape index (κ1) is 15.5. The predicted octanol–water partition coefficient (Wildman–Crippen LogP) is 2.03. The van der Waals surface area contributed by atoms with Crippen molar-refractivity contribution in [3.63, 3.8) is 0 Å². The van der Waals surface area contributed by atoms with E-state index in [1.54, 1.807) is 7.11 Å². The van der Waals surface area contributed by atoms with Crippen molar-refractivity contribution in [1.29, 1.82) is 0 Å². The highest BCUT2D eigenvalue weighted by Crippen LogP contribution is 2.17. The van der Waals surface area contributed by atoms with Gasteiger partial charge < -0.3 is 14.8 Å². The molecule has 1 atom stereocenters. The molecule has 0 spiro atoms. The molecule has 1 rings (SSSR count). The molecular weight excluding hydrogens is 242 g/mol. The van der Waals surface area contributed by atoms with Gasteiger partial charge in [0.1, 0.15) is 5.75 Å². The minimum Gasteiger partial charge on any atom is -0.496 e. The number of hydrogen-bond donors (Lipinski definition) is 1. The summed E-state index contributed by atoms with van der Waals surface area (Å²) in [6.07, 6.45) is 1.66. The maximum atomic E-state index is 11.4. The van der Waals surface area contributed by atoms with Crippen molar-refractivity contribution in [1.82, 2.24) is 5.32 Å². The van der Waals surface area contributed by atoms with E-state index in [4.69, 9.17) is 9.47 Å². The largest absolute Gasteiger partial charge is 0.496 e. The summed E-state index contributed by atoms with van der Waals surface area (Å²) >= 11 is 0. The Labute approximate surface area is 115 Å². The molecule has 19 heavy (non-hydrogen) atoms. The molecule has 1 N–H and O–H groups in total. The molecule has 0 aromatic heterocycles. The predicted molar refractivity (Wildman–Crippen MR) is 75.4 cm³/mol. The maximum Gasteiger partial charge on any atom is 0.309 e. The third kappa shape index (κ3) is 4.91. The van der Waals surface area contributed by atoms with Gasteiger partial charge in [-0.05, 0) is 31.0 Å². The van der Waals surface area contributed by atoms with Crippen molar-refractivity contribution >= 4 is 5.97 Å². The summed E-state index contributed by atoms with van der Waals surface area (Å²) in [6.45, 7) is 3.45. The first-order chi connectivity index (χ1) is 9.22. The van der Waals surface area contributed by atoms with Gasteiger partial charge in [-0.15, -0.1) is 0 Å². The van der Waals surface area contributed by atoms with Crippen LogP contribution in [0.25, 0.3) is 0 Å². The van der Waals surface area contributed by atoms with Crippen molar-refractivity contribution < 1.29 is 14.3 Å². The summed E-state index contributed by atoms with van der Waals surface area (Å²) in [6, 6.07) is 7.97. The first-order valence-electron chi connectivity index (χ1n) is 6.63. The zero-order valence-corrected chi connectivity index (χ0v) is 11.9. The van der Waals surface area contributed by atoms with E-state index in [1.807, 2.05) is 25.1 Å². The number of carbonyl (C=O) groups excluding carboxylic acids is 1. The molecule has 1 unspecified atom stereocenters. The fraction of sp³-hybridized carbons (Fsp3) is 0.533. The Bertz CT molecular complexity index is 393. The second-order valence-electron chi connectivity index (χ2n) is 4.39. The quantitative estimate of drug-likeness (QED) is 0.577. The van der Waals surface area contributed by atoms with E-state index in [0.717, 1.165) is 25.1 Å². The summed E-state index contributed by atoms with van der Waals surface area (Å²) < 4.78 is 10.1. The molecule has 0 aliphatic rings. The number of carbonyl (C=O) groups is 1. The molecule has 0 fully saturated rings. The van der Waals surface area contributed by atoms with Gasteiger partial charge in [0.05, 0.1) is 20.1 Å². The first-order valence-corrected chi connectivity index (χ1v) is 6.63. The Kier molecular flexibility index (Phi) is 6.97. The highest BCUT2D eigenvalue weighted by molar-refractivity contribution is 5.72. The van der Waals surface area contributed by atoms with Crippen molar-refractivity contribution in [3.8, 4) is 5.75 Å². The van der Waals surface area contributed by atoms with Crippen molar-refractivity contribution in [2.45, 2.75) is 19.8 Å². The van der Waals surface area contributed by atoms with Crippen LogP contribution in [0.2, 0.25) is 0 Å². The summed E-state index contributed by atoms with van der Waals surface area (Å²) in [5.74, 6) is 0.694. The third-order valence-electron chi connectivity index (χ3n) is 3.18. The van der Waals surface area contributed by atoms with Crippen LogP contribution in [0.1, 0.15) is 18.9 Å². The third-order valence-corrected chi connectivity index (χ3v) is 3.18. The zero-order valence-electron chi connectivity index (χ0n) is 11.9. The molecule has 0 aliphatic carbocycles. The van der Waals surface area contributed by atoms with Crippen molar-refractivity contribution in [3.05, 3.63) is 29.8 Å². The highest BCUT2D eigenvalue weighted by Gasteiger charge is 2.15. The van der Waals surface area contributed by atoms with E-state index >= 15 is 0 Å². The van der Waals surface area contributed by atoms with E-state index < -0.39 is 0 Å². The smallest absolute Gasteiger partial charge is 0.309 e. The number of nitrogens with one attached hydrogen (secondary N) is 1. The molecule has 1 aromatic rings. The van der Waals surface area contributed by atoms with Crippen LogP contribution in [0.4, 0.5) is 0 Å². The lowest BCUT2D eigenvalue weighted by atomic mass is 10.1. The molecule has 4 nitrogen and oxygen atoms in total. The van der Waals surface area contributed by atoms with Gasteiger partial charge >= 0.3 is 5.97 Å². The van der Waals surface area contributed by atoms with Crippen LogP contribution in [-0.4, -0.2) is 33.3 Å². The Morgan fingerprint density at radius 1 is 1.32 bits per heavy atom. The van der Waals surface area contributed by atoms with Gasteiger partial charge in [-0.25, -0.2) is 0 Å². The van der Waals surface area contributed by atoms with E-state index in [2.05, 4.69) is 11.4 Å². The fourth-order valence-corrected chi connectivity index (χ4v) is 1.97. The van der Waals surface area contributed by atoms with E-state index in [9.17, 15) is 4.79 Å². The van der Waals surface area contributed by atoms with Crippen LogP contribution >= 0.6 is 0 Å².